The predicted molar refractivity (Wildman–Crippen MR) is 52.2 cm³/mol. The summed E-state index contributed by atoms with van der Waals surface area (Å²) < 4.78 is 2.64. The predicted octanol–water partition coefficient (Wildman–Crippen LogP) is 1.66. The first-order chi connectivity index (χ1) is 6.29. The highest BCUT2D eigenvalue weighted by Gasteiger charge is 2.08. The molecule has 0 amide bonds. The second kappa shape index (κ2) is 3.14. The minimum absolute atomic E-state index is 0.684. The fourth-order valence-corrected chi connectivity index (χ4v) is 1.59. The van der Waals surface area contributed by atoms with Crippen LogP contribution < -0.4 is 4.57 Å². The van der Waals surface area contributed by atoms with Crippen LogP contribution in [0.2, 0.25) is 0 Å². The molecular weight excluding hydrogens is 182 g/mol. The highest BCUT2D eigenvalue weighted by Crippen LogP contribution is 1.98. The molecule has 0 aliphatic rings. The molecule has 1 aromatic carbocycles. The summed E-state index contributed by atoms with van der Waals surface area (Å²) in [5.41, 5.74) is 1.07. The normalized spacial score (nSPS) is 10.2. The molecule has 0 saturated heterocycles. The van der Waals surface area contributed by atoms with Crippen LogP contribution in [0.4, 0.5) is 0 Å². The molecule has 0 aliphatic carbocycles. The van der Waals surface area contributed by atoms with Crippen LogP contribution in [0.1, 0.15) is 5.82 Å². The Bertz CT molecular complexity index is 455. The van der Waals surface area contributed by atoms with E-state index in [9.17, 15) is 0 Å². The number of aromatic amines is 2. The van der Waals surface area contributed by atoms with Gasteiger partial charge in [-0.2, -0.15) is 14.8 Å². The summed E-state index contributed by atoms with van der Waals surface area (Å²) in [4.78, 5) is 0. The molecule has 66 valence electrons. The van der Waals surface area contributed by atoms with E-state index in [1.165, 1.54) is 0 Å². The van der Waals surface area contributed by atoms with Crippen molar-refractivity contribution in [2.45, 2.75) is 6.92 Å². The van der Waals surface area contributed by atoms with Crippen molar-refractivity contribution in [3.05, 3.63) is 40.9 Å². The molecule has 0 fully saturated rings. The quantitative estimate of drug-likeness (QED) is 0.523. The highest BCUT2D eigenvalue weighted by atomic mass is 32.1. The van der Waals surface area contributed by atoms with E-state index >= 15 is 0 Å². The molecule has 1 heterocycles. The molecule has 3 nitrogen and oxygen atoms in total. The van der Waals surface area contributed by atoms with Gasteiger partial charge in [0.15, 0.2) is 0 Å². The molecule has 4 heteroatoms. The molecule has 0 bridgehead atoms. The second-order valence-electron chi connectivity index (χ2n) is 2.81. The van der Waals surface area contributed by atoms with Gasteiger partial charge in [0.05, 0.1) is 0 Å². The van der Waals surface area contributed by atoms with Crippen molar-refractivity contribution in [3.63, 3.8) is 0 Å². The number of aromatic nitrogens is 3. The Balaban J connectivity index is 2.65. The van der Waals surface area contributed by atoms with E-state index in [0.717, 1.165) is 11.5 Å². The maximum atomic E-state index is 5.13. The fraction of sp³-hybridized carbons (Fsp3) is 0.111. The molecule has 0 aliphatic heterocycles. The molecule has 0 radical (unpaired) electrons. The lowest BCUT2D eigenvalue weighted by Crippen LogP contribution is -2.33. The van der Waals surface area contributed by atoms with E-state index in [1.807, 2.05) is 41.8 Å². The molecule has 2 rings (SSSR count). The number of rotatable bonds is 1. The van der Waals surface area contributed by atoms with Crippen molar-refractivity contribution in [1.29, 1.82) is 0 Å². The van der Waals surface area contributed by atoms with Gasteiger partial charge in [-0.3, -0.25) is 0 Å². The SMILES string of the molecule is Cc1[nH][nH]c(=S)[n+]1-c1ccccc1. The second-order valence-corrected chi connectivity index (χ2v) is 3.20. The number of nitrogens with zero attached hydrogens (tertiary/aromatic N) is 1. The number of H-pyrrole nitrogens is 2. The van der Waals surface area contributed by atoms with Crippen LogP contribution >= 0.6 is 12.2 Å². The largest absolute Gasteiger partial charge is 0.328 e. The Kier molecular flexibility index (Phi) is 1.98. The van der Waals surface area contributed by atoms with Crippen molar-refractivity contribution in [2.75, 3.05) is 0 Å². The minimum atomic E-state index is 0.684. The third kappa shape index (κ3) is 1.40. The Hall–Kier alpha value is -1.42. The van der Waals surface area contributed by atoms with Gasteiger partial charge in [0.2, 0.25) is 5.82 Å². The van der Waals surface area contributed by atoms with Crippen molar-refractivity contribution in [1.82, 2.24) is 10.2 Å². The highest BCUT2D eigenvalue weighted by molar-refractivity contribution is 7.71. The summed E-state index contributed by atoms with van der Waals surface area (Å²) in [5, 5.41) is 5.86. The van der Waals surface area contributed by atoms with E-state index in [-0.39, 0.29) is 0 Å². The number of benzene rings is 1. The van der Waals surface area contributed by atoms with E-state index < -0.39 is 0 Å². The van der Waals surface area contributed by atoms with Gasteiger partial charge in [-0.1, -0.05) is 18.2 Å². The van der Waals surface area contributed by atoms with E-state index in [4.69, 9.17) is 12.2 Å². The number of aryl methyl sites for hydroxylation is 1. The summed E-state index contributed by atoms with van der Waals surface area (Å²) >= 11 is 5.13. The monoisotopic (exact) mass is 192 g/mol. The van der Waals surface area contributed by atoms with Crippen LogP contribution in [0.5, 0.6) is 0 Å². The lowest BCUT2D eigenvalue weighted by Gasteiger charge is -1.95. The molecule has 0 spiro atoms. The van der Waals surface area contributed by atoms with Crippen LogP contribution in [0.25, 0.3) is 5.69 Å². The van der Waals surface area contributed by atoms with Gasteiger partial charge in [0.25, 0.3) is 0 Å². The van der Waals surface area contributed by atoms with Gasteiger partial charge < -0.3 is 0 Å². The van der Waals surface area contributed by atoms with Gasteiger partial charge in [-0.15, -0.1) is 0 Å². The smallest absolute Gasteiger partial charge is 0.188 e. The summed E-state index contributed by atoms with van der Waals surface area (Å²) in [5.74, 6) is 0.996. The topological polar surface area (TPSA) is 35.5 Å². The van der Waals surface area contributed by atoms with Crippen LogP contribution in [0.15, 0.2) is 30.3 Å². The molecular formula is C9H10N3S+. The minimum Gasteiger partial charge on any atom is -0.188 e. The van der Waals surface area contributed by atoms with Gasteiger partial charge in [-0.05, 0) is 24.4 Å². The summed E-state index contributed by atoms with van der Waals surface area (Å²) in [6, 6.07) is 10.0. The number of hydrogen-bond acceptors (Lipinski definition) is 1. The van der Waals surface area contributed by atoms with Crippen LogP contribution in [0.3, 0.4) is 0 Å². The Labute approximate surface area is 81.0 Å². The molecule has 2 N–H and O–H groups in total. The molecule has 13 heavy (non-hydrogen) atoms. The molecule has 2 aromatic rings. The molecule has 0 atom stereocenters. The number of hydrogen-bond donors (Lipinski definition) is 2. The standard InChI is InChI=1S/C9H9N3S/c1-7-10-11-9(13)12(7)8-5-3-2-4-6-8/h2-6H,1H3,(H,11,13)/p+1. The molecule has 0 unspecified atom stereocenters. The van der Waals surface area contributed by atoms with E-state index in [1.54, 1.807) is 0 Å². The van der Waals surface area contributed by atoms with Gasteiger partial charge >= 0.3 is 4.77 Å². The van der Waals surface area contributed by atoms with Crippen molar-refractivity contribution < 1.29 is 4.57 Å². The lowest BCUT2D eigenvalue weighted by atomic mass is 10.3. The van der Waals surface area contributed by atoms with Gasteiger partial charge in [-0.25, -0.2) is 0 Å². The van der Waals surface area contributed by atoms with Crippen molar-refractivity contribution in [3.8, 4) is 5.69 Å². The van der Waals surface area contributed by atoms with Gasteiger partial charge in [0, 0.05) is 6.92 Å². The number of nitrogens with one attached hydrogen (secondary N) is 2. The Morgan fingerprint density at radius 1 is 1.15 bits per heavy atom. The summed E-state index contributed by atoms with van der Waals surface area (Å²) in [6.07, 6.45) is 0. The maximum Gasteiger partial charge on any atom is 0.328 e. The summed E-state index contributed by atoms with van der Waals surface area (Å²) in [7, 11) is 0. The first-order valence-electron chi connectivity index (χ1n) is 4.04. The Morgan fingerprint density at radius 2 is 1.85 bits per heavy atom. The first-order valence-corrected chi connectivity index (χ1v) is 4.44. The van der Waals surface area contributed by atoms with E-state index in [2.05, 4.69) is 10.2 Å². The fourth-order valence-electron chi connectivity index (χ4n) is 1.30. The zero-order valence-corrected chi connectivity index (χ0v) is 8.06. The number of para-hydroxylation sites is 1. The maximum absolute atomic E-state index is 5.13. The lowest BCUT2D eigenvalue weighted by molar-refractivity contribution is -0.609. The third-order valence-electron chi connectivity index (χ3n) is 1.90. The van der Waals surface area contributed by atoms with Crippen molar-refractivity contribution in [2.24, 2.45) is 0 Å². The average molecular weight is 192 g/mol. The van der Waals surface area contributed by atoms with Crippen LogP contribution in [0, 0.1) is 11.7 Å². The summed E-state index contributed by atoms with van der Waals surface area (Å²) in [6.45, 7) is 1.97. The Morgan fingerprint density at radius 3 is 2.38 bits per heavy atom. The third-order valence-corrected chi connectivity index (χ3v) is 2.19. The van der Waals surface area contributed by atoms with E-state index in [0.29, 0.717) is 4.77 Å². The molecule has 1 aromatic heterocycles. The van der Waals surface area contributed by atoms with Crippen LogP contribution in [-0.4, -0.2) is 10.2 Å². The average Bonchev–Trinajstić information content (AvgIpc) is 2.48. The molecule has 0 saturated carbocycles. The first kappa shape index (κ1) is 8.19. The van der Waals surface area contributed by atoms with Crippen LogP contribution in [-0.2, 0) is 0 Å². The van der Waals surface area contributed by atoms with Crippen molar-refractivity contribution >= 4 is 12.2 Å². The zero-order valence-electron chi connectivity index (χ0n) is 7.24. The zero-order chi connectivity index (χ0) is 9.26. The van der Waals surface area contributed by atoms with Gasteiger partial charge in [0.1, 0.15) is 5.69 Å².